The van der Waals surface area contributed by atoms with Crippen LogP contribution in [0.25, 0.3) is 0 Å². The average molecular weight is 429 g/mol. The Kier molecular flexibility index (Phi) is 6.72. The number of thioether (sulfide) groups is 1. The molecular weight excluding hydrogens is 402 g/mol. The Hall–Kier alpha value is -1.82. The van der Waals surface area contributed by atoms with E-state index in [-0.39, 0.29) is 47.7 Å². The molecule has 10 nitrogen and oxygen atoms in total. The van der Waals surface area contributed by atoms with E-state index in [0.717, 1.165) is 6.42 Å². The predicted octanol–water partition coefficient (Wildman–Crippen LogP) is 0.206. The monoisotopic (exact) mass is 429 g/mol. The molecule has 0 aromatic carbocycles. The molecule has 162 valence electrons. The number of nitrogens with zero attached hydrogens (tertiary/aromatic N) is 1. The number of nitrogens with two attached hydrogens (primary N) is 1. The zero-order valence-corrected chi connectivity index (χ0v) is 17.2. The normalized spacial score (nSPS) is 30.6. The van der Waals surface area contributed by atoms with Crippen LogP contribution in [0.2, 0.25) is 0 Å². The van der Waals surface area contributed by atoms with E-state index in [2.05, 4.69) is 5.32 Å². The smallest absolute Gasteiger partial charge is 0.461 e. The summed E-state index contributed by atoms with van der Waals surface area (Å²) in [6, 6.07) is -0.148. The Morgan fingerprint density at radius 2 is 2.17 bits per heavy atom. The van der Waals surface area contributed by atoms with Crippen LogP contribution >= 0.6 is 11.8 Å². The second-order valence-electron chi connectivity index (χ2n) is 7.63. The number of β-lactam (4-membered cyclic amide) rings is 1. The van der Waals surface area contributed by atoms with Gasteiger partial charge in [-0.15, -0.1) is 11.8 Å². The number of carboxylic acid groups (broad SMARTS) is 1. The Morgan fingerprint density at radius 3 is 2.76 bits per heavy atom. The zero-order chi connectivity index (χ0) is 21.3. The first-order chi connectivity index (χ1) is 13.7. The zero-order valence-electron chi connectivity index (χ0n) is 16.4. The van der Waals surface area contributed by atoms with Gasteiger partial charge < -0.3 is 30.7 Å². The van der Waals surface area contributed by atoms with Crippen LogP contribution in [-0.2, 0) is 19.1 Å². The summed E-state index contributed by atoms with van der Waals surface area (Å²) < 4.78 is 10.1. The van der Waals surface area contributed by atoms with Crippen molar-refractivity contribution >= 4 is 29.8 Å². The molecule has 3 rings (SSSR count). The van der Waals surface area contributed by atoms with Gasteiger partial charge in [0.25, 0.3) is 0 Å². The van der Waals surface area contributed by atoms with Crippen molar-refractivity contribution in [2.24, 2.45) is 11.7 Å². The van der Waals surface area contributed by atoms with Crippen molar-refractivity contribution in [2.75, 3.05) is 13.1 Å². The predicted molar refractivity (Wildman–Crippen MR) is 104 cm³/mol. The SMILES string of the molecule is CC(=O)OC(CN)C[C@@H]1C[C@H](SC2=C(OC(=O)O)N3C(=O)[C@H]([C@@H](C)O)[C@H]3C2)CN1. The number of amides is 1. The van der Waals surface area contributed by atoms with Gasteiger partial charge in [0.05, 0.1) is 18.1 Å². The summed E-state index contributed by atoms with van der Waals surface area (Å²) in [5, 5.41) is 22.4. The molecule has 0 bridgehead atoms. The lowest BCUT2D eigenvalue weighted by atomic mass is 9.84. The quantitative estimate of drug-likeness (QED) is 0.311. The number of rotatable bonds is 8. The van der Waals surface area contributed by atoms with Crippen molar-refractivity contribution < 1.29 is 34.1 Å². The molecule has 29 heavy (non-hydrogen) atoms. The van der Waals surface area contributed by atoms with Gasteiger partial charge in [-0.2, -0.15) is 0 Å². The van der Waals surface area contributed by atoms with E-state index >= 15 is 0 Å². The van der Waals surface area contributed by atoms with Gasteiger partial charge in [-0.3, -0.25) is 14.5 Å². The fourth-order valence-corrected chi connectivity index (χ4v) is 5.68. The number of ether oxygens (including phenoxy) is 2. The molecule has 0 aromatic heterocycles. The Morgan fingerprint density at radius 1 is 1.45 bits per heavy atom. The lowest BCUT2D eigenvalue weighted by molar-refractivity contribution is -0.161. The minimum Gasteiger partial charge on any atom is -0.461 e. The highest BCUT2D eigenvalue weighted by Crippen LogP contribution is 2.48. The van der Waals surface area contributed by atoms with Crippen LogP contribution in [0, 0.1) is 5.92 Å². The van der Waals surface area contributed by atoms with Gasteiger partial charge in [-0.25, -0.2) is 4.79 Å². The summed E-state index contributed by atoms with van der Waals surface area (Å²) in [5.41, 5.74) is 5.67. The van der Waals surface area contributed by atoms with Crippen molar-refractivity contribution in [1.29, 1.82) is 0 Å². The number of nitrogens with one attached hydrogen (secondary N) is 1. The van der Waals surface area contributed by atoms with Crippen LogP contribution in [0.15, 0.2) is 10.8 Å². The Bertz CT molecular complexity index is 714. The maximum absolute atomic E-state index is 12.3. The third-order valence-electron chi connectivity index (χ3n) is 5.46. The molecule has 0 radical (unpaired) electrons. The molecule has 1 unspecified atom stereocenters. The number of carbonyl (C=O) groups is 3. The highest BCUT2D eigenvalue weighted by atomic mass is 32.2. The molecule has 2 fully saturated rings. The van der Waals surface area contributed by atoms with Crippen LogP contribution in [0.3, 0.4) is 0 Å². The highest BCUT2D eigenvalue weighted by molar-refractivity contribution is 8.03. The lowest BCUT2D eigenvalue weighted by Gasteiger charge is -2.44. The van der Waals surface area contributed by atoms with Gasteiger partial charge in [-0.05, 0) is 13.3 Å². The molecule has 1 amide bonds. The maximum Gasteiger partial charge on any atom is 0.512 e. The average Bonchev–Trinajstić information content (AvgIpc) is 3.16. The molecule has 2 saturated heterocycles. The topological polar surface area (TPSA) is 151 Å². The number of esters is 1. The fraction of sp³-hybridized carbons (Fsp3) is 0.722. The first-order valence-electron chi connectivity index (χ1n) is 9.63. The number of aliphatic hydroxyl groups excluding tert-OH is 1. The molecule has 11 heteroatoms. The largest absolute Gasteiger partial charge is 0.512 e. The van der Waals surface area contributed by atoms with E-state index in [1.54, 1.807) is 6.92 Å². The van der Waals surface area contributed by atoms with Crippen LogP contribution in [0.4, 0.5) is 4.79 Å². The first-order valence-corrected chi connectivity index (χ1v) is 10.5. The number of aliphatic hydroxyl groups is 1. The molecule has 5 N–H and O–H groups in total. The van der Waals surface area contributed by atoms with E-state index in [1.807, 2.05) is 0 Å². The summed E-state index contributed by atoms with van der Waals surface area (Å²) in [6.45, 7) is 3.85. The van der Waals surface area contributed by atoms with E-state index in [4.69, 9.17) is 20.3 Å². The van der Waals surface area contributed by atoms with Crippen LogP contribution < -0.4 is 11.1 Å². The standard InChI is InChI=1S/C18H27N3O7S/c1-8(22)15-13-5-14(17(28-18(25)26)21(13)16(15)24)29-12-4-10(20-7-12)3-11(6-19)27-9(2)23/h8,10-13,15,20,22H,3-7,19H2,1-2H3,(H,25,26)/t8-,10-,11?,12+,13-,15-/m1/s1. The molecule has 0 aromatic rings. The van der Waals surface area contributed by atoms with Crippen molar-refractivity contribution in [3.05, 3.63) is 10.8 Å². The van der Waals surface area contributed by atoms with Crippen LogP contribution in [0.1, 0.15) is 33.1 Å². The third-order valence-corrected chi connectivity index (χ3v) is 6.78. The number of hydrogen-bond donors (Lipinski definition) is 4. The fourth-order valence-electron chi connectivity index (χ4n) is 4.26. The van der Waals surface area contributed by atoms with Gasteiger partial charge in [0.1, 0.15) is 6.10 Å². The molecule has 0 saturated carbocycles. The second-order valence-corrected chi connectivity index (χ2v) is 9.02. The second kappa shape index (κ2) is 8.90. The number of fused-ring (bicyclic) bond motifs is 1. The highest BCUT2D eigenvalue weighted by Gasteiger charge is 2.57. The number of carbonyl (C=O) groups excluding carboxylic acids is 2. The van der Waals surface area contributed by atoms with Crippen molar-refractivity contribution in [1.82, 2.24) is 10.2 Å². The summed E-state index contributed by atoms with van der Waals surface area (Å²) in [7, 11) is 0. The Balaban J connectivity index is 1.63. The molecule has 3 aliphatic rings. The van der Waals surface area contributed by atoms with E-state index in [1.165, 1.54) is 23.6 Å². The van der Waals surface area contributed by atoms with E-state index in [0.29, 0.717) is 24.3 Å². The van der Waals surface area contributed by atoms with Gasteiger partial charge >= 0.3 is 12.1 Å². The van der Waals surface area contributed by atoms with Gasteiger partial charge in [0.15, 0.2) is 0 Å². The minimum absolute atomic E-state index is 0.0672. The van der Waals surface area contributed by atoms with Gasteiger partial charge in [-0.1, -0.05) is 0 Å². The molecule has 0 aliphatic carbocycles. The van der Waals surface area contributed by atoms with E-state index in [9.17, 15) is 19.5 Å². The molecule has 0 spiro atoms. The summed E-state index contributed by atoms with van der Waals surface area (Å²) in [6.07, 6.45) is -0.772. The lowest BCUT2D eigenvalue weighted by Crippen LogP contribution is -2.61. The minimum atomic E-state index is -1.47. The first kappa shape index (κ1) is 21.9. The molecular formula is C18H27N3O7S. The van der Waals surface area contributed by atoms with E-state index < -0.39 is 18.2 Å². The molecule has 6 atom stereocenters. The maximum atomic E-state index is 12.3. The summed E-state index contributed by atoms with van der Waals surface area (Å²) >= 11 is 1.49. The molecule has 3 aliphatic heterocycles. The van der Waals surface area contributed by atoms with Gasteiger partial charge in [0, 0.05) is 49.1 Å². The van der Waals surface area contributed by atoms with Crippen LogP contribution in [-0.4, -0.2) is 75.8 Å². The summed E-state index contributed by atoms with van der Waals surface area (Å²) in [4.78, 5) is 36.7. The number of hydrogen-bond acceptors (Lipinski definition) is 9. The summed E-state index contributed by atoms with van der Waals surface area (Å²) in [5.74, 6) is -1.15. The molecule has 3 heterocycles. The van der Waals surface area contributed by atoms with Gasteiger partial charge in [0.2, 0.25) is 11.8 Å². The van der Waals surface area contributed by atoms with Crippen LogP contribution in [0.5, 0.6) is 0 Å². The third kappa shape index (κ3) is 4.68. The van der Waals surface area contributed by atoms with Crippen molar-refractivity contribution in [3.63, 3.8) is 0 Å². The Labute approximate surface area is 172 Å². The van der Waals surface area contributed by atoms with Crippen molar-refractivity contribution in [2.45, 2.75) is 62.7 Å². The van der Waals surface area contributed by atoms with Crippen molar-refractivity contribution in [3.8, 4) is 0 Å².